The summed E-state index contributed by atoms with van der Waals surface area (Å²) < 4.78 is 8.61. The van der Waals surface area contributed by atoms with Crippen LogP contribution in [0.5, 0.6) is 0 Å². The summed E-state index contributed by atoms with van der Waals surface area (Å²) >= 11 is 1.73. The van der Waals surface area contributed by atoms with Crippen molar-refractivity contribution >= 4 is 53.6 Å². The molecule has 4 aromatic heterocycles. The average Bonchev–Trinajstić information content (AvgIpc) is 3.85. The van der Waals surface area contributed by atoms with Crippen LogP contribution in [-0.4, -0.2) is 24.9 Å². The summed E-state index contributed by atoms with van der Waals surface area (Å²) in [5, 5.41) is 3.19. The molecule has 0 unspecified atom stereocenters. The third-order valence-electron chi connectivity index (χ3n) is 10.2. The fraction of sp³-hybridized carbons (Fsp3) is 0. The molecule has 0 saturated heterocycles. The van der Waals surface area contributed by atoms with Gasteiger partial charge in [-0.1, -0.05) is 152 Å². The molecule has 0 atom stereocenters. The molecule has 262 valence electrons. The molecule has 0 amide bonds. The van der Waals surface area contributed by atoms with Crippen LogP contribution in [-0.2, 0) is 0 Å². The molecule has 7 aromatic carbocycles. The van der Waals surface area contributed by atoms with Crippen molar-refractivity contribution < 1.29 is 4.42 Å². The van der Waals surface area contributed by atoms with Gasteiger partial charge in [-0.3, -0.25) is 0 Å². The van der Waals surface area contributed by atoms with Crippen LogP contribution >= 0.6 is 11.3 Å². The van der Waals surface area contributed by atoms with E-state index in [1.165, 1.54) is 4.70 Å². The quantitative estimate of drug-likeness (QED) is 0.169. The van der Waals surface area contributed by atoms with E-state index in [0.29, 0.717) is 23.3 Å². The van der Waals surface area contributed by atoms with Gasteiger partial charge in [0.25, 0.3) is 0 Å². The standard InChI is InChI=1S/C49H29N5OS/c1-4-15-30(16-5-1)43-45-44(37-22-11-13-26-41(37)56-45)51-48(50-43)33-27-28-34(35-23-14-25-40-42(35)36-21-10-12-24-39(36)55-40)38(29-33)49-53-46(31-17-6-2-7-18-31)52-47(54-49)32-19-8-3-9-20-32/h1-29H. The Hall–Kier alpha value is -7.35. The summed E-state index contributed by atoms with van der Waals surface area (Å²) in [5.41, 5.74) is 10.0. The first kappa shape index (κ1) is 32.1. The normalized spacial score (nSPS) is 11.6. The van der Waals surface area contributed by atoms with Gasteiger partial charge in [0, 0.05) is 48.7 Å². The molecule has 4 heterocycles. The van der Waals surface area contributed by atoms with Crippen molar-refractivity contribution in [2.45, 2.75) is 0 Å². The molecule has 0 bridgehead atoms. The third kappa shape index (κ3) is 5.44. The number of para-hydroxylation sites is 1. The Balaban J connectivity index is 1.21. The zero-order valence-corrected chi connectivity index (χ0v) is 30.6. The SMILES string of the molecule is c1ccc(-c2nc(-c3ccccc3)nc(-c3cc(-c4nc(-c5ccccc5)c5sc6ccccc6c5n4)ccc3-c3cccc4oc5ccccc5c34)n2)cc1. The van der Waals surface area contributed by atoms with Crippen molar-refractivity contribution in [1.82, 2.24) is 24.9 Å². The topological polar surface area (TPSA) is 77.6 Å². The zero-order chi connectivity index (χ0) is 37.0. The maximum Gasteiger partial charge on any atom is 0.164 e. The molecule has 0 fully saturated rings. The number of nitrogens with zero attached hydrogens (tertiary/aromatic N) is 5. The van der Waals surface area contributed by atoms with E-state index in [4.69, 9.17) is 29.3 Å². The van der Waals surface area contributed by atoms with Crippen molar-refractivity contribution in [3.05, 3.63) is 176 Å². The highest BCUT2D eigenvalue weighted by atomic mass is 32.1. The molecule has 56 heavy (non-hydrogen) atoms. The summed E-state index contributed by atoms with van der Waals surface area (Å²) in [7, 11) is 0. The van der Waals surface area contributed by atoms with E-state index in [9.17, 15) is 0 Å². The van der Waals surface area contributed by atoms with Crippen LogP contribution < -0.4 is 0 Å². The van der Waals surface area contributed by atoms with Gasteiger partial charge in [-0.05, 0) is 35.4 Å². The largest absolute Gasteiger partial charge is 0.456 e. The fourth-order valence-corrected chi connectivity index (χ4v) is 8.70. The van der Waals surface area contributed by atoms with Gasteiger partial charge in [0.05, 0.1) is 15.9 Å². The highest BCUT2D eigenvalue weighted by Crippen LogP contribution is 2.43. The van der Waals surface area contributed by atoms with Crippen LogP contribution in [0.3, 0.4) is 0 Å². The average molecular weight is 736 g/mol. The first-order valence-corrected chi connectivity index (χ1v) is 19.2. The second kappa shape index (κ2) is 13.2. The van der Waals surface area contributed by atoms with Gasteiger partial charge in [-0.25, -0.2) is 24.9 Å². The van der Waals surface area contributed by atoms with Crippen LogP contribution in [0.4, 0.5) is 0 Å². The zero-order valence-electron chi connectivity index (χ0n) is 29.8. The fourth-order valence-electron chi connectivity index (χ4n) is 7.54. The van der Waals surface area contributed by atoms with E-state index in [-0.39, 0.29) is 0 Å². The molecular weight excluding hydrogens is 707 g/mol. The second-order valence-electron chi connectivity index (χ2n) is 13.6. The maximum atomic E-state index is 6.37. The third-order valence-corrected chi connectivity index (χ3v) is 11.3. The van der Waals surface area contributed by atoms with Crippen molar-refractivity contribution in [2.75, 3.05) is 0 Å². The summed E-state index contributed by atoms with van der Waals surface area (Å²) in [6, 6.07) is 59.7. The molecule has 0 aliphatic carbocycles. The van der Waals surface area contributed by atoms with Crippen molar-refractivity contribution in [1.29, 1.82) is 0 Å². The van der Waals surface area contributed by atoms with Crippen LogP contribution in [0.25, 0.3) is 110 Å². The minimum atomic E-state index is 0.546. The van der Waals surface area contributed by atoms with E-state index >= 15 is 0 Å². The van der Waals surface area contributed by atoms with Gasteiger partial charge in [0.15, 0.2) is 23.3 Å². The Labute approximate surface area is 325 Å². The lowest BCUT2D eigenvalue weighted by Crippen LogP contribution is -2.02. The molecule has 11 aromatic rings. The number of fused-ring (bicyclic) bond motifs is 6. The lowest BCUT2D eigenvalue weighted by atomic mass is 9.93. The van der Waals surface area contributed by atoms with Crippen molar-refractivity contribution in [3.63, 3.8) is 0 Å². The number of benzene rings is 7. The molecular formula is C49H29N5OS. The first-order chi connectivity index (χ1) is 27.7. The van der Waals surface area contributed by atoms with Gasteiger partial charge in [-0.2, -0.15) is 0 Å². The maximum absolute atomic E-state index is 6.37. The van der Waals surface area contributed by atoms with E-state index in [1.807, 2.05) is 97.1 Å². The molecule has 0 N–H and O–H groups in total. The van der Waals surface area contributed by atoms with E-state index in [0.717, 1.165) is 82.2 Å². The monoisotopic (exact) mass is 735 g/mol. The van der Waals surface area contributed by atoms with E-state index < -0.39 is 0 Å². The van der Waals surface area contributed by atoms with Crippen LogP contribution in [0.2, 0.25) is 0 Å². The number of hydrogen-bond acceptors (Lipinski definition) is 7. The molecule has 0 aliphatic heterocycles. The molecule has 7 heteroatoms. The molecule has 0 radical (unpaired) electrons. The number of rotatable bonds is 6. The van der Waals surface area contributed by atoms with Gasteiger partial charge >= 0.3 is 0 Å². The lowest BCUT2D eigenvalue weighted by Gasteiger charge is -2.15. The first-order valence-electron chi connectivity index (χ1n) is 18.4. The van der Waals surface area contributed by atoms with Gasteiger partial charge in [0.1, 0.15) is 11.2 Å². The molecule has 0 spiro atoms. The Bertz CT molecular complexity index is 3190. The Morgan fingerprint density at radius 1 is 0.375 bits per heavy atom. The summed E-state index contributed by atoms with van der Waals surface area (Å²) in [6.45, 7) is 0. The molecule has 6 nitrogen and oxygen atoms in total. The minimum absolute atomic E-state index is 0.546. The number of aromatic nitrogens is 5. The summed E-state index contributed by atoms with van der Waals surface area (Å²) in [5.74, 6) is 2.35. The number of hydrogen-bond donors (Lipinski definition) is 0. The molecule has 0 saturated carbocycles. The Morgan fingerprint density at radius 3 is 1.70 bits per heavy atom. The van der Waals surface area contributed by atoms with Crippen LogP contribution in [0, 0.1) is 0 Å². The lowest BCUT2D eigenvalue weighted by molar-refractivity contribution is 0.669. The molecule has 11 rings (SSSR count). The highest BCUT2D eigenvalue weighted by molar-refractivity contribution is 7.26. The highest BCUT2D eigenvalue weighted by Gasteiger charge is 2.22. The summed E-state index contributed by atoms with van der Waals surface area (Å²) in [4.78, 5) is 26.1. The Morgan fingerprint density at radius 2 is 0.964 bits per heavy atom. The molecule has 0 aliphatic rings. The van der Waals surface area contributed by atoms with E-state index in [1.54, 1.807) is 11.3 Å². The van der Waals surface area contributed by atoms with Gasteiger partial charge in [-0.15, -0.1) is 11.3 Å². The summed E-state index contributed by atoms with van der Waals surface area (Å²) in [6.07, 6.45) is 0. The van der Waals surface area contributed by atoms with E-state index in [2.05, 4.69) is 78.9 Å². The number of thiophene rings is 1. The smallest absolute Gasteiger partial charge is 0.164 e. The Kier molecular flexibility index (Phi) is 7.57. The van der Waals surface area contributed by atoms with Gasteiger partial charge in [0.2, 0.25) is 0 Å². The number of furan rings is 1. The second-order valence-corrected chi connectivity index (χ2v) is 14.7. The van der Waals surface area contributed by atoms with Crippen molar-refractivity contribution in [2.24, 2.45) is 0 Å². The predicted octanol–water partition coefficient (Wildman–Crippen LogP) is 12.9. The van der Waals surface area contributed by atoms with Crippen molar-refractivity contribution in [3.8, 4) is 67.9 Å². The predicted molar refractivity (Wildman–Crippen MR) is 228 cm³/mol. The van der Waals surface area contributed by atoms with Crippen LogP contribution in [0.1, 0.15) is 0 Å². The van der Waals surface area contributed by atoms with Crippen LogP contribution in [0.15, 0.2) is 180 Å². The van der Waals surface area contributed by atoms with Gasteiger partial charge < -0.3 is 4.42 Å². The minimum Gasteiger partial charge on any atom is -0.456 e.